The Kier molecular flexibility index (Phi) is 5.13. The van der Waals surface area contributed by atoms with Crippen molar-refractivity contribution in [3.8, 4) is 11.8 Å². The van der Waals surface area contributed by atoms with Crippen molar-refractivity contribution in [2.75, 3.05) is 6.54 Å². The van der Waals surface area contributed by atoms with E-state index in [1.807, 2.05) is 0 Å². The third kappa shape index (κ3) is 6.07. The van der Waals surface area contributed by atoms with Gasteiger partial charge in [-0.15, -0.1) is 0 Å². The van der Waals surface area contributed by atoms with E-state index in [1.54, 1.807) is 20.8 Å². The molecule has 0 bridgehead atoms. The summed E-state index contributed by atoms with van der Waals surface area (Å²) in [4.78, 5) is 14.9. The second-order valence-corrected chi connectivity index (χ2v) is 5.01. The standard InChI is InChI=1S/C13H14ClFN2O2/c1-13(2,3)19-12(18)16-6-4-5-9-7-10(15)8-17-11(9)14/h7-8H,6H2,1-3H3,(H,16,18). The SMILES string of the molecule is CC(C)(C)OC(=O)NCC#Cc1cc(F)cnc1Cl. The highest BCUT2D eigenvalue weighted by molar-refractivity contribution is 6.30. The van der Waals surface area contributed by atoms with Crippen molar-refractivity contribution in [3.63, 3.8) is 0 Å². The normalized spacial score (nSPS) is 10.4. The molecule has 19 heavy (non-hydrogen) atoms. The van der Waals surface area contributed by atoms with Gasteiger partial charge in [-0.2, -0.15) is 0 Å². The first-order valence-electron chi connectivity index (χ1n) is 5.55. The Morgan fingerprint density at radius 2 is 2.26 bits per heavy atom. The Hall–Kier alpha value is -1.80. The van der Waals surface area contributed by atoms with Crippen LogP contribution in [0.25, 0.3) is 0 Å². The lowest BCUT2D eigenvalue weighted by molar-refractivity contribution is 0.0535. The van der Waals surface area contributed by atoms with Gasteiger partial charge < -0.3 is 10.1 Å². The van der Waals surface area contributed by atoms with Crippen LogP contribution in [0.3, 0.4) is 0 Å². The van der Waals surface area contributed by atoms with Crippen molar-refractivity contribution in [1.29, 1.82) is 0 Å². The fraction of sp³-hybridized carbons (Fsp3) is 0.385. The lowest BCUT2D eigenvalue weighted by Crippen LogP contribution is -2.32. The summed E-state index contributed by atoms with van der Waals surface area (Å²) in [6.07, 6.45) is 0.442. The van der Waals surface area contributed by atoms with Gasteiger partial charge in [0.05, 0.1) is 18.3 Å². The van der Waals surface area contributed by atoms with Crippen LogP contribution in [-0.4, -0.2) is 23.2 Å². The van der Waals surface area contributed by atoms with Crippen LogP contribution in [0, 0.1) is 17.7 Å². The first-order valence-corrected chi connectivity index (χ1v) is 5.92. The molecular weight excluding hydrogens is 271 g/mol. The summed E-state index contributed by atoms with van der Waals surface area (Å²) in [6, 6.07) is 1.18. The number of nitrogens with one attached hydrogen (secondary N) is 1. The minimum atomic E-state index is -0.565. The van der Waals surface area contributed by atoms with Crippen LogP contribution >= 0.6 is 11.6 Å². The van der Waals surface area contributed by atoms with E-state index in [1.165, 1.54) is 6.07 Å². The number of pyridine rings is 1. The molecule has 1 N–H and O–H groups in total. The number of rotatable bonds is 1. The summed E-state index contributed by atoms with van der Waals surface area (Å²) in [6.45, 7) is 5.35. The molecule has 102 valence electrons. The van der Waals surface area contributed by atoms with Crippen LogP contribution in [0.5, 0.6) is 0 Å². The second-order valence-electron chi connectivity index (χ2n) is 4.65. The Morgan fingerprint density at radius 3 is 2.89 bits per heavy atom. The van der Waals surface area contributed by atoms with Gasteiger partial charge in [-0.25, -0.2) is 14.2 Å². The second kappa shape index (κ2) is 6.39. The van der Waals surface area contributed by atoms with E-state index < -0.39 is 17.5 Å². The molecule has 0 aliphatic heterocycles. The van der Waals surface area contributed by atoms with Gasteiger partial charge in [0.25, 0.3) is 0 Å². The van der Waals surface area contributed by atoms with Crippen LogP contribution in [0.1, 0.15) is 26.3 Å². The molecule has 4 nitrogen and oxygen atoms in total. The number of nitrogens with zero attached hydrogens (tertiary/aromatic N) is 1. The molecule has 1 aromatic heterocycles. The summed E-state index contributed by atoms with van der Waals surface area (Å²) >= 11 is 5.73. The number of alkyl carbamates (subject to hydrolysis) is 1. The smallest absolute Gasteiger partial charge is 0.408 e. The van der Waals surface area contributed by atoms with Crippen LogP contribution < -0.4 is 5.32 Å². The summed E-state index contributed by atoms with van der Waals surface area (Å²) in [7, 11) is 0. The molecule has 1 amide bonds. The average Bonchev–Trinajstić information content (AvgIpc) is 2.26. The third-order valence-electron chi connectivity index (χ3n) is 1.75. The molecule has 0 radical (unpaired) electrons. The van der Waals surface area contributed by atoms with Gasteiger partial charge in [0.2, 0.25) is 0 Å². The van der Waals surface area contributed by atoms with Gasteiger partial charge >= 0.3 is 6.09 Å². The monoisotopic (exact) mass is 284 g/mol. The summed E-state index contributed by atoms with van der Waals surface area (Å²) in [5.74, 6) is 4.73. The number of carbonyl (C=O) groups excluding carboxylic acids is 1. The van der Waals surface area contributed by atoms with Crippen molar-refractivity contribution in [3.05, 3.63) is 28.8 Å². The number of hydrogen-bond donors (Lipinski definition) is 1. The molecule has 0 unspecified atom stereocenters. The quantitative estimate of drug-likeness (QED) is 0.637. The molecule has 0 aliphatic carbocycles. The van der Waals surface area contributed by atoms with Gasteiger partial charge in [0.15, 0.2) is 0 Å². The number of carbonyl (C=O) groups is 1. The Balaban J connectivity index is 2.52. The molecule has 0 saturated carbocycles. The average molecular weight is 285 g/mol. The molecule has 0 aliphatic rings. The van der Waals surface area contributed by atoms with E-state index in [2.05, 4.69) is 22.1 Å². The van der Waals surface area contributed by atoms with E-state index in [-0.39, 0.29) is 17.3 Å². The lowest BCUT2D eigenvalue weighted by Gasteiger charge is -2.18. The van der Waals surface area contributed by atoms with Crippen molar-refractivity contribution in [1.82, 2.24) is 10.3 Å². The predicted molar refractivity (Wildman–Crippen MR) is 70.3 cm³/mol. The molecule has 6 heteroatoms. The molecule has 1 aromatic rings. The molecule has 1 rings (SSSR count). The van der Waals surface area contributed by atoms with E-state index in [0.717, 1.165) is 6.20 Å². The maximum absolute atomic E-state index is 12.9. The van der Waals surface area contributed by atoms with Crippen molar-refractivity contribution in [2.24, 2.45) is 0 Å². The Morgan fingerprint density at radius 1 is 1.58 bits per heavy atom. The minimum Gasteiger partial charge on any atom is -0.444 e. The Labute approximate surface area is 116 Å². The van der Waals surface area contributed by atoms with Gasteiger partial charge in [-0.05, 0) is 26.8 Å². The van der Waals surface area contributed by atoms with Crippen LogP contribution in [0.4, 0.5) is 9.18 Å². The first-order chi connectivity index (χ1) is 8.78. The molecule has 1 heterocycles. The highest BCUT2D eigenvalue weighted by Crippen LogP contribution is 2.11. The lowest BCUT2D eigenvalue weighted by atomic mass is 10.2. The number of hydrogen-bond acceptors (Lipinski definition) is 3. The number of aromatic nitrogens is 1. The van der Waals surface area contributed by atoms with Crippen molar-refractivity contribution in [2.45, 2.75) is 26.4 Å². The molecular formula is C13H14ClFN2O2. The summed E-state index contributed by atoms with van der Waals surface area (Å²) in [5.41, 5.74) is -0.291. The van der Waals surface area contributed by atoms with Crippen LogP contribution in [0.2, 0.25) is 5.15 Å². The van der Waals surface area contributed by atoms with Crippen LogP contribution in [0.15, 0.2) is 12.3 Å². The first kappa shape index (κ1) is 15.3. The largest absolute Gasteiger partial charge is 0.444 e. The number of halogens is 2. The van der Waals surface area contributed by atoms with Gasteiger partial charge in [0.1, 0.15) is 16.6 Å². The fourth-order valence-electron chi connectivity index (χ4n) is 1.08. The summed E-state index contributed by atoms with van der Waals surface area (Å²) < 4.78 is 17.9. The molecule has 0 aromatic carbocycles. The number of amides is 1. The zero-order valence-corrected chi connectivity index (χ0v) is 11.6. The van der Waals surface area contributed by atoms with E-state index in [9.17, 15) is 9.18 Å². The maximum atomic E-state index is 12.9. The fourth-order valence-corrected chi connectivity index (χ4v) is 1.23. The number of ether oxygens (including phenoxy) is 1. The highest BCUT2D eigenvalue weighted by atomic mass is 35.5. The van der Waals surface area contributed by atoms with Gasteiger partial charge in [-0.3, -0.25) is 0 Å². The van der Waals surface area contributed by atoms with Gasteiger partial charge in [0, 0.05) is 0 Å². The zero-order valence-electron chi connectivity index (χ0n) is 10.9. The summed E-state index contributed by atoms with van der Waals surface area (Å²) in [5, 5.41) is 2.57. The van der Waals surface area contributed by atoms with Crippen molar-refractivity contribution < 1.29 is 13.9 Å². The zero-order chi connectivity index (χ0) is 14.5. The molecule has 0 atom stereocenters. The third-order valence-corrected chi connectivity index (χ3v) is 2.05. The van der Waals surface area contributed by atoms with Crippen LogP contribution in [-0.2, 0) is 4.74 Å². The highest BCUT2D eigenvalue weighted by Gasteiger charge is 2.14. The van der Waals surface area contributed by atoms with E-state index >= 15 is 0 Å². The molecule has 0 fully saturated rings. The maximum Gasteiger partial charge on any atom is 0.408 e. The molecule has 0 spiro atoms. The predicted octanol–water partition coefficient (Wildman–Crippen LogP) is 2.75. The topological polar surface area (TPSA) is 51.2 Å². The van der Waals surface area contributed by atoms with Crippen molar-refractivity contribution >= 4 is 17.7 Å². The van der Waals surface area contributed by atoms with E-state index in [0.29, 0.717) is 0 Å². The molecule has 0 saturated heterocycles. The minimum absolute atomic E-state index is 0.0712. The van der Waals surface area contributed by atoms with E-state index in [4.69, 9.17) is 16.3 Å². The Bertz CT molecular complexity index is 530. The van der Waals surface area contributed by atoms with Gasteiger partial charge in [-0.1, -0.05) is 23.4 Å².